The van der Waals surface area contributed by atoms with Gasteiger partial charge in [-0.15, -0.1) is 12.6 Å². The number of carbonyl (C=O) groups is 1. The fraction of sp³-hybridized carbons (Fsp3) is 0.125. The Hall–Kier alpha value is -1.36. The number of benzene rings is 1. The number of hydrogen-bond donors (Lipinski definition) is 1. The molecular formula is C8H9NO3S. The molecule has 0 aliphatic carbocycles. The molecule has 1 aromatic rings. The van der Waals surface area contributed by atoms with Gasteiger partial charge in [0.25, 0.3) is 5.69 Å². The van der Waals surface area contributed by atoms with Crippen molar-refractivity contribution in [1.29, 1.82) is 0 Å². The molecule has 0 aliphatic heterocycles. The molecule has 0 radical (unpaired) electrons. The minimum absolute atomic E-state index is 0.102. The van der Waals surface area contributed by atoms with Crippen LogP contribution in [0, 0.1) is 10.1 Å². The van der Waals surface area contributed by atoms with Gasteiger partial charge in [0.05, 0.1) is 4.92 Å². The van der Waals surface area contributed by atoms with Crippen LogP contribution in [0.5, 0.6) is 0 Å². The molecule has 0 bridgehead atoms. The van der Waals surface area contributed by atoms with Crippen molar-refractivity contribution >= 4 is 23.4 Å². The molecule has 0 fully saturated rings. The lowest BCUT2D eigenvalue weighted by molar-refractivity contribution is -0.384. The maximum absolute atomic E-state index is 10.7. The van der Waals surface area contributed by atoms with Crippen LogP contribution in [-0.4, -0.2) is 10.0 Å². The Morgan fingerprint density at radius 1 is 1.62 bits per heavy atom. The summed E-state index contributed by atoms with van der Waals surface area (Å²) in [7, 11) is 1.25. The predicted octanol–water partition coefficient (Wildman–Crippen LogP) is 2.30. The van der Waals surface area contributed by atoms with Gasteiger partial charge in [-0.05, 0) is 0 Å². The molecule has 0 saturated heterocycles. The molecular weight excluding hydrogens is 190 g/mol. The first-order valence-corrected chi connectivity index (χ1v) is 3.54. The third-order valence-corrected chi connectivity index (χ3v) is 1.56. The molecule has 0 amide bonds. The first-order chi connectivity index (χ1) is 6.61. The monoisotopic (exact) mass is 201 g/mol. The summed E-state index contributed by atoms with van der Waals surface area (Å²) in [6.07, 6.45) is 0. The number of hydrogen-bond acceptors (Lipinski definition) is 3. The smallest absolute Gasteiger partial charge is 0.270 e. The van der Waals surface area contributed by atoms with Crippen LogP contribution in [0.4, 0.5) is 5.69 Å². The van der Waals surface area contributed by atoms with Crippen LogP contribution < -0.4 is 0 Å². The van der Waals surface area contributed by atoms with Gasteiger partial charge in [0, 0.05) is 19.1 Å². The molecule has 0 aromatic heterocycles. The van der Waals surface area contributed by atoms with Crippen molar-refractivity contribution in [3.63, 3.8) is 0 Å². The van der Waals surface area contributed by atoms with Crippen LogP contribution in [0.15, 0.2) is 24.3 Å². The van der Waals surface area contributed by atoms with Crippen molar-refractivity contribution in [3.8, 4) is 0 Å². The maximum atomic E-state index is 10.7. The zero-order chi connectivity index (χ0) is 11.1. The van der Waals surface area contributed by atoms with Gasteiger partial charge in [-0.1, -0.05) is 19.5 Å². The van der Waals surface area contributed by atoms with Gasteiger partial charge in [0.1, 0.15) is 0 Å². The van der Waals surface area contributed by atoms with E-state index in [1.165, 1.54) is 31.7 Å². The van der Waals surface area contributed by atoms with E-state index in [2.05, 4.69) is 12.6 Å². The summed E-state index contributed by atoms with van der Waals surface area (Å²) in [5, 5.41) is 9.77. The third-order valence-electron chi connectivity index (χ3n) is 1.30. The molecule has 5 heteroatoms. The Bertz CT molecular complexity index is 314. The molecule has 0 aliphatic rings. The van der Waals surface area contributed by atoms with E-state index >= 15 is 0 Å². The quantitative estimate of drug-likeness (QED) is 0.453. The summed E-state index contributed by atoms with van der Waals surface area (Å²) < 4.78 is 5.75. The molecule has 0 saturated carbocycles. The lowest BCUT2D eigenvalue weighted by Gasteiger charge is -1.93. The van der Waals surface area contributed by atoms with Crippen LogP contribution in [0.25, 0.3) is 0 Å². The lowest BCUT2D eigenvalue weighted by Crippen LogP contribution is -1.92. The van der Waals surface area contributed by atoms with Crippen LogP contribution in [0.1, 0.15) is 19.1 Å². The topological polar surface area (TPSA) is 60.2 Å². The summed E-state index contributed by atoms with van der Waals surface area (Å²) in [6.45, 7) is 0. The van der Waals surface area contributed by atoms with Crippen LogP contribution in [0.3, 0.4) is 0 Å². The lowest BCUT2D eigenvalue weighted by atomic mass is 10.2. The minimum Gasteiger partial charge on any atom is -0.282 e. The first kappa shape index (κ1) is 9.73. The zero-order valence-electron chi connectivity index (χ0n) is 7.93. The van der Waals surface area contributed by atoms with Gasteiger partial charge in [0.2, 0.25) is 5.12 Å². The Labute approximate surface area is 82.5 Å². The average molecular weight is 201 g/mol. The fourth-order valence-corrected chi connectivity index (χ4v) is 0.892. The van der Waals surface area contributed by atoms with E-state index in [0.717, 1.165) is 0 Å². The molecule has 13 heavy (non-hydrogen) atoms. The summed E-state index contributed by atoms with van der Waals surface area (Å²) >= 11 is 3.54. The Morgan fingerprint density at radius 2 is 2.23 bits per heavy atom. The van der Waals surface area contributed by atoms with E-state index in [0.29, 0.717) is 0 Å². The number of thiol groups is 1. The van der Waals surface area contributed by atoms with Gasteiger partial charge >= 0.3 is 0 Å². The van der Waals surface area contributed by atoms with E-state index in [1.807, 2.05) is 0 Å². The maximum Gasteiger partial charge on any atom is 0.270 e. The Balaban J connectivity index is 0.000000791. The van der Waals surface area contributed by atoms with E-state index < -0.39 is 10.0 Å². The number of nitrogens with zero attached hydrogens (tertiary/aromatic N) is 1. The van der Waals surface area contributed by atoms with Crippen molar-refractivity contribution < 1.29 is 11.1 Å². The van der Waals surface area contributed by atoms with Gasteiger partial charge in [-0.2, -0.15) is 0 Å². The molecule has 70 valence electrons. The van der Waals surface area contributed by atoms with Crippen LogP contribution in [-0.2, 0) is 0 Å². The fourth-order valence-electron chi connectivity index (χ4n) is 0.753. The highest BCUT2D eigenvalue weighted by Gasteiger charge is 2.07. The molecule has 1 rings (SSSR count). The van der Waals surface area contributed by atoms with Gasteiger partial charge in [0.15, 0.2) is 0 Å². The van der Waals surface area contributed by atoms with Crippen LogP contribution in [0.2, 0.25) is 0 Å². The molecule has 0 unspecified atom stereocenters. The number of non-ortho nitro benzene ring substituents is 1. The van der Waals surface area contributed by atoms with Crippen molar-refractivity contribution in [3.05, 3.63) is 39.9 Å². The van der Waals surface area contributed by atoms with E-state index in [9.17, 15) is 14.9 Å². The molecule has 0 spiro atoms. The Morgan fingerprint density at radius 3 is 2.69 bits per heavy atom. The first-order valence-electron chi connectivity index (χ1n) is 4.09. The van der Waals surface area contributed by atoms with Crippen molar-refractivity contribution in [1.82, 2.24) is 0 Å². The third kappa shape index (κ3) is 2.87. The number of rotatable bonds is 2. The second-order valence-corrected chi connectivity index (χ2v) is 2.52. The average Bonchev–Trinajstić information content (AvgIpc) is 2.21. The highest BCUT2D eigenvalue weighted by atomic mass is 32.1. The molecule has 0 atom stereocenters. The minimum atomic E-state index is -0.555. The standard InChI is InChI=1S/C7H5NO3S.CH4/c9-7(12)5-2-1-3-6(4-5)8(10)11;/h1-4H,(H,9,12);1H4/i;1T. The van der Waals surface area contributed by atoms with Crippen molar-refractivity contribution in [2.24, 2.45) is 0 Å². The molecule has 1 aromatic carbocycles. The summed E-state index contributed by atoms with van der Waals surface area (Å²) in [4.78, 5) is 20.4. The van der Waals surface area contributed by atoms with E-state index in [4.69, 9.17) is 1.37 Å². The largest absolute Gasteiger partial charge is 0.282 e. The predicted molar refractivity (Wildman–Crippen MR) is 53.1 cm³/mol. The van der Waals surface area contributed by atoms with E-state index in [-0.39, 0.29) is 11.3 Å². The summed E-state index contributed by atoms with van der Waals surface area (Å²) in [5.41, 5.74) is 0.127. The molecule has 4 nitrogen and oxygen atoms in total. The highest BCUT2D eigenvalue weighted by Crippen LogP contribution is 2.13. The zero-order valence-corrected chi connectivity index (χ0v) is 7.82. The number of nitro groups is 1. The number of nitro benzene ring substituents is 1. The normalized spacial score (nSPS) is 9.23. The second-order valence-electron chi connectivity index (χ2n) is 2.11. The van der Waals surface area contributed by atoms with Crippen LogP contribution >= 0.6 is 12.6 Å². The summed E-state index contributed by atoms with van der Waals surface area (Å²) in [5.74, 6) is 0. The van der Waals surface area contributed by atoms with Crippen molar-refractivity contribution in [2.45, 2.75) is 7.40 Å². The SMILES string of the molecule is O=C(S)c1cccc([N+](=O)[O-])c1.[3H]C. The van der Waals surface area contributed by atoms with E-state index in [1.54, 1.807) is 0 Å². The molecule has 0 N–H and O–H groups in total. The molecule has 0 heterocycles. The van der Waals surface area contributed by atoms with Crippen molar-refractivity contribution in [2.75, 3.05) is 0 Å². The van der Waals surface area contributed by atoms with Gasteiger partial charge in [-0.3, -0.25) is 14.9 Å². The number of carbonyl (C=O) groups excluding carboxylic acids is 1. The highest BCUT2D eigenvalue weighted by molar-refractivity contribution is 7.97. The van der Waals surface area contributed by atoms with Gasteiger partial charge < -0.3 is 0 Å². The second kappa shape index (κ2) is 4.61. The summed E-state index contributed by atoms with van der Waals surface area (Å²) in [6, 6.07) is 5.43. The van der Waals surface area contributed by atoms with Gasteiger partial charge in [-0.25, -0.2) is 0 Å². The Kier molecular flexibility index (Phi) is 3.45.